The van der Waals surface area contributed by atoms with Gasteiger partial charge in [-0.05, 0) is 42.7 Å². The first-order valence-electron chi connectivity index (χ1n) is 9.62. The highest BCUT2D eigenvalue weighted by Gasteiger charge is 2.18. The van der Waals surface area contributed by atoms with Crippen LogP contribution < -0.4 is 9.59 Å². The number of hydrogen-bond acceptors (Lipinski definition) is 2. The molecule has 3 heteroatoms. The van der Waals surface area contributed by atoms with Gasteiger partial charge in [0.15, 0.2) is 0 Å². The second kappa shape index (κ2) is 11.2. The fourth-order valence-electron chi connectivity index (χ4n) is 3.12. The summed E-state index contributed by atoms with van der Waals surface area (Å²) in [5.74, 6) is -1.11. The number of unbranched alkanes of at least 4 members (excludes halogenated alkanes) is 9. The van der Waals surface area contributed by atoms with E-state index in [4.69, 9.17) is 0 Å². The monoisotopic (exact) mass is 333 g/mol. The zero-order valence-corrected chi connectivity index (χ0v) is 15.9. The van der Waals surface area contributed by atoms with Crippen LogP contribution in [-0.4, -0.2) is 26.6 Å². The Morgan fingerprint density at radius 3 is 1.75 bits per heavy atom. The normalized spacial score (nSPS) is 11.6. The lowest BCUT2D eigenvalue weighted by Crippen LogP contribution is -2.41. The number of quaternary nitrogens is 1. The minimum Gasteiger partial charge on any atom is -0.545 e. The van der Waals surface area contributed by atoms with Gasteiger partial charge in [0.05, 0.1) is 26.6 Å². The first kappa shape index (κ1) is 20.7. The molecule has 0 radical (unpaired) electrons. The molecule has 0 saturated heterocycles. The summed E-state index contributed by atoms with van der Waals surface area (Å²) < 4.78 is 0.796. The Bertz CT molecular complexity index is 465. The average Bonchev–Trinajstić information content (AvgIpc) is 2.56. The second-order valence-corrected chi connectivity index (χ2v) is 7.42. The third kappa shape index (κ3) is 7.96. The van der Waals surface area contributed by atoms with Crippen LogP contribution >= 0.6 is 0 Å². The molecule has 136 valence electrons. The molecule has 0 atom stereocenters. The SMILES string of the molecule is CCCCCCCCCCCC[N+](C)(C)c1ccc(C(=O)[O-])cc1. The third-order valence-corrected chi connectivity index (χ3v) is 4.87. The number of aromatic carboxylic acids is 1. The quantitative estimate of drug-likeness (QED) is 0.393. The van der Waals surface area contributed by atoms with Gasteiger partial charge in [-0.15, -0.1) is 0 Å². The van der Waals surface area contributed by atoms with Gasteiger partial charge in [0, 0.05) is 0 Å². The number of carboxylic acid groups (broad SMARTS) is 1. The van der Waals surface area contributed by atoms with Gasteiger partial charge in [-0.2, -0.15) is 0 Å². The Morgan fingerprint density at radius 1 is 0.833 bits per heavy atom. The van der Waals surface area contributed by atoms with Crippen molar-refractivity contribution in [3.05, 3.63) is 29.8 Å². The van der Waals surface area contributed by atoms with Crippen molar-refractivity contribution in [3.63, 3.8) is 0 Å². The molecule has 0 aromatic heterocycles. The molecule has 3 nitrogen and oxygen atoms in total. The Kier molecular flexibility index (Phi) is 9.70. The van der Waals surface area contributed by atoms with Gasteiger partial charge in [-0.1, -0.05) is 58.3 Å². The van der Waals surface area contributed by atoms with E-state index in [-0.39, 0.29) is 5.56 Å². The van der Waals surface area contributed by atoms with E-state index < -0.39 is 5.97 Å². The van der Waals surface area contributed by atoms with Crippen LogP contribution in [0.1, 0.15) is 81.5 Å². The Hall–Kier alpha value is -1.35. The summed E-state index contributed by atoms with van der Waals surface area (Å²) in [6.45, 7) is 3.35. The van der Waals surface area contributed by atoms with Crippen molar-refractivity contribution in [1.29, 1.82) is 0 Å². The summed E-state index contributed by atoms with van der Waals surface area (Å²) in [6, 6.07) is 7.09. The molecular formula is C21H35NO2. The lowest BCUT2D eigenvalue weighted by atomic mass is 10.1. The van der Waals surface area contributed by atoms with Gasteiger partial charge in [-0.3, -0.25) is 4.48 Å². The highest BCUT2D eigenvalue weighted by molar-refractivity contribution is 5.86. The molecule has 0 fully saturated rings. The highest BCUT2D eigenvalue weighted by atomic mass is 16.4. The van der Waals surface area contributed by atoms with Crippen molar-refractivity contribution in [1.82, 2.24) is 4.48 Å². The third-order valence-electron chi connectivity index (χ3n) is 4.87. The van der Waals surface area contributed by atoms with Crippen molar-refractivity contribution < 1.29 is 9.90 Å². The van der Waals surface area contributed by atoms with Gasteiger partial charge in [0.1, 0.15) is 5.69 Å². The van der Waals surface area contributed by atoms with Crippen LogP contribution in [0.2, 0.25) is 0 Å². The van der Waals surface area contributed by atoms with Crippen LogP contribution in [0.15, 0.2) is 24.3 Å². The van der Waals surface area contributed by atoms with Crippen molar-refractivity contribution in [2.24, 2.45) is 0 Å². The van der Waals surface area contributed by atoms with Crippen molar-refractivity contribution in [2.45, 2.75) is 71.1 Å². The first-order chi connectivity index (χ1) is 11.5. The van der Waals surface area contributed by atoms with Gasteiger partial charge in [0.2, 0.25) is 0 Å². The fourth-order valence-corrected chi connectivity index (χ4v) is 3.12. The molecule has 0 spiro atoms. The molecule has 0 N–H and O–H groups in total. The van der Waals surface area contributed by atoms with E-state index >= 15 is 0 Å². The van der Waals surface area contributed by atoms with Crippen molar-refractivity contribution >= 4 is 11.7 Å². The summed E-state index contributed by atoms with van der Waals surface area (Å²) in [7, 11) is 4.36. The molecule has 0 aliphatic carbocycles. The molecule has 0 aliphatic rings. The predicted octanol–water partition coefficient (Wildman–Crippen LogP) is 4.54. The van der Waals surface area contributed by atoms with E-state index in [1.165, 1.54) is 64.2 Å². The van der Waals surface area contributed by atoms with Crippen LogP contribution in [0.5, 0.6) is 0 Å². The largest absolute Gasteiger partial charge is 0.545 e. The summed E-state index contributed by atoms with van der Waals surface area (Å²) in [5, 5.41) is 10.8. The minimum atomic E-state index is -1.11. The second-order valence-electron chi connectivity index (χ2n) is 7.42. The first-order valence-corrected chi connectivity index (χ1v) is 9.62. The summed E-state index contributed by atoms with van der Waals surface area (Å²) in [5.41, 5.74) is 1.40. The van der Waals surface area contributed by atoms with E-state index in [2.05, 4.69) is 21.0 Å². The van der Waals surface area contributed by atoms with Crippen molar-refractivity contribution in [3.8, 4) is 0 Å². The maximum absolute atomic E-state index is 10.8. The molecule has 0 saturated carbocycles. The summed E-state index contributed by atoms with van der Waals surface area (Å²) >= 11 is 0. The number of carbonyl (C=O) groups is 1. The number of rotatable bonds is 13. The summed E-state index contributed by atoms with van der Waals surface area (Å²) in [6.07, 6.45) is 13.5. The van der Waals surface area contributed by atoms with Gasteiger partial charge >= 0.3 is 0 Å². The lowest BCUT2D eigenvalue weighted by molar-refractivity contribution is -0.255. The Labute approximate surface area is 148 Å². The number of carboxylic acids is 1. The number of carbonyl (C=O) groups excluding carboxylic acids is 1. The van der Waals surface area contributed by atoms with Crippen LogP contribution in [0.25, 0.3) is 0 Å². The van der Waals surface area contributed by atoms with E-state index in [1.54, 1.807) is 12.1 Å². The standard InChI is InChI=1S/C21H35NO2/c1-4-5-6-7-8-9-10-11-12-13-18-22(2,3)20-16-14-19(15-17-20)21(23)24/h14-17H,4-13,18H2,1-3H3. The molecule has 0 amide bonds. The molecule has 0 aliphatic heterocycles. The molecule has 24 heavy (non-hydrogen) atoms. The van der Waals surface area contributed by atoms with Crippen LogP contribution in [0.3, 0.4) is 0 Å². The zero-order chi connectivity index (χ0) is 17.8. The van der Waals surface area contributed by atoms with E-state index in [9.17, 15) is 9.90 Å². The van der Waals surface area contributed by atoms with Crippen LogP contribution in [0, 0.1) is 0 Å². The van der Waals surface area contributed by atoms with E-state index in [0.29, 0.717) is 0 Å². The fraction of sp³-hybridized carbons (Fsp3) is 0.667. The van der Waals surface area contributed by atoms with Crippen molar-refractivity contribution in [2.75, 3.05) is 20.6 Å². The van der Waals surface area contributed by atoms with Crippen LogP contribution in [-0.2, 0) is 0 Å². The van der Waals surface area contributed by atoms with E-state index in [1.807, 2.05) is 12.1 Å². The number of hydrogen-bond donors (Lipinski definition) is 0. The topological polar surface area (TPSA) is 40.1 Å². The average molecular weight is 334 g/mol. The Morgan fingerprint density at radius 2 is 1.29 bits per heavy atom. The maximum Gasteiger partial charge on any atom is 0.132 e. The molecular weight excluding hydrogens is 298 g/mol. The molecule has 1 aromatic rings. The predicted molar refractivity (Wildman–Crippen MR) is 101 cm³/mol. The van der Waals surface area contributed by atoms with Gasteiger partial charge < -0.3 is 9.90 Å². The highest BCUT2D eigenvalue weighted by Crippen LogP contribution is 2.21. The van der Waals surface area contributed by atoms with E-state index in [0.717, 1.165) is 16.7 Å². The van der Waals surface area contributed by atoms with Gasteiger partial charge in [0.25, 0.3) is 0 Å². The maximum atomic E-state index is 10.8. The molecule has 1 rings (SSSR count). The molecule has 0 bridgehead atoms. The minimum absolute atomic E-state index is 0.248. The summed E-state index contributed by atoms with van der Waals surface area (Å²) in [4.78, 5) is 10.8. The molecule has 1 aromatic carbocycles. The molecule has 0 heterocycles. The van der Waals surface area contributed by atoms with Crippen LogP contribution in [0.4, 0.5) is 5.69 Å². The van der Waals surface area contributed by atoms with Gasteiger partial charge in [-0.25, -0.2) is 0 Å². The zero-order valence-electron chi connectivity index (χ0n) is 15.9. The smallest absolute Gasteiger partial charge is 0.132 e. The Balaban J connectivity index is 2.18. The number of nitrogens with zero attached hydrogens (tertiary/aromatic N) is 1. The molecule has 0 unspecified atom stereocenters. The lowest BCUT2D eigenvalue weighted by Gasteiger charge is -2.29. The number of benzene rings is 1.